The Morgan fingerprint density at radius 1 is 0.897 bits per heavy atom. The topological polar surface area (TPSA) is 80.3 Å². The van der Waals surface area contributed by atoms with Crippen molar-refractivity contribution < 1.29 is 19.0 Å². The highest BCUT2D eigenvalue weighted by Crippen LogP contribution is 2.24. The van der Waals surface area contributed by atoms with Crippen LogP contribution in [0.15, 0.2) is 60.9 Å². The summed E-state index contributed by atoms with van der Waals surface area (Å²) in [5, 5.41) is 0. The molecule has 39 heavy (non-hydrogen) atoms. The van der Waals surface area contributed by atoms with Crippen molar-refractivity contribution in [1.82, 2.24) is 14.9 Å². The normalized spacial score (nSPS) is 15.6. The van der Waals surface area contributed by atoms with E-state index in [0.29, 0.717) is 38.7 Å². The molecule has 1 aliphatic rings. The Morgan fingerprint density at radius 3 is 1.85 bits per heavy atom. The van der Waals surface area contributed by atoms with Crippen molar-refractivity contribution in [3.05, 3.63) is 72.1 Å². The van der Waals surface area contributed by atoms with Gasteiger partial charge in [0.2, 0.25) is 5.95 Å². The van der Waals surface area contributed by atoms with Crippen LogP contribution < -0.4 is 19.3 Å². The second kappa shape index (κ2) is 12.2. The lowest BCUT2D eigenvalue weighted by Gasteiger charge is -2.41. The number of hydrogen-bond acceptors (Lipinski definition) is 8. The summed E-state index contributed by atoms with van der Waals surface area (Å²) in [6.45, 7) is 10.9. The zero-order valence-electron chi connectivity index (χ0n) is 23.8. The number of piperazine rings is 1. The van der Waals surface area contributed by atoms with Crippen molar-refractivity contribution in [2.24, 2.45) is 0 Å². The number of rotatable bonds is 8. The molecule has 0 spiro atoms. The summed E-state index contributed by atoms with van der Waals surface area (Å²) in [5.74, 6) is 2.29. The Labute approximate surface area is 231 Å². The third-order valence-electron chi connectivity index (χ3n) is 6.58. The molecule has 3 aromatic rings. The Kier molecular flexibility index (Phi) is 8.79. The summed E-state index contributed by atoms with van der Waals surface area (Å²) in [7, 11) is 3.33. The molecule has 208 valence electrons. The number of methoxy groups -OCH3 is 2. The van der Waals surface area contributed by atoms with Gasteiger partial charge in [0, 0.05) is 38.8 Å². The zero-order chi connectivity index (χ0) is 28.0. The number of carbonyl (C=O) groups is 1. The van der Waals surface area contributed by atoms with Gasteiger partial charge in [-0.1, -0.05) is 24.3 Å². The van der Waals surface area contributed by atoms with E-state index in [-0.39, 0.29) is 12.1 Å². The molecule has 1 aromatic heterocycles. The van der Waals surface area contributed by atoms with Gasteiger partial charge in [-0.2, -0.15) is 0 Å². The van der Waals surface area contributed by atoms with Gasteiger partial charge in [-0.25, -0.2) is 14.8 Å². The van der Waals surface area contributed by atoms with Gasteiger partial charge >= 0.3 is 6.09 Å². The maximum Gasteiger partial charge on any atom is 0.410 e. The molecule has 1 unspecified atom stereocenters. The van der Waals surface area contributed by atoms with E-state index in [1.165, 1.54) is 0 Å². The molecule has 0 radical (unpaired) electrons. The molecule has 2 heterocycles. The van der Waals surface area contributed by atoms with Crippen molar-refractivity contribution in [2.75, 3.05) is 43.7 Å². The van der Waals surface area contributed by atoms with Crippen LogP contribution in [0.3, 0.4) is 0 Å². The van der Waals surface area contributed by atoms with Gasteiger partial charge in [0.1, 0.15) is 17.1 Å². The molecule has 0 aliphatic carbocycles. The third kappa shape index (κ3) is 7.52. The fraction of sp³-hybridized carbons (Fsp3) is 0.433. The van der Waals surface area contributed by atoms with Crippen molar-refractivity contribution >= 4 is 17.7 Å². The largest absolute Gasteiger partial charge is 0.497 e. The molecule has 1 saturated heterocycles. The maximum absolute atomic E-state index is 12.5. The molecular weight excluding hydrogens is 494 g/mol. The van der Waals surface area contributed by atoms with Gasteiger partial charge in [0.25, 0.3) is 0 Å². The van der Waals surface area contributed by atoms with E-state index in [1.807, 2.05) is 57.4 Å². The lowest BCUT2D eigenvalue weighted by atomic mass is 10.1. The molecule has 9 heteroatoms. The zero-order valence-corrected chi connectivity index (χ0v) is 23.8. The third-order valence-corrected chi connectivity index (χ3v) is 6.58. The smallest absolute Gasteiger partial charge is 0.410 e. The number of hydrogen-bond donors (Lipinski definition) is 0. The molecule has 2 aromatic carbocycles. The van der Waals surface area contributed by atoms with Crippen LogP contribution in [0.1, 0.15) is 38.8 Å². The van der Waals surface area contributed by atoms with E-state index < -0.39 is 5.60 Å². The van der Waals surface area contributed by atoms with Gasteiger partial charge < -0.3 is 28.9 Å². The van der Waals surface area contributed by atoms with Crippen LogP contribution in [-0.4, -0.2) is 66.5 Å². The summed E-state index contributed by atoms with van der Waals surface area (Å²) in [4.78, 5) is 28.2. The molecular formula is C30H39N5O4. The van der Waals surface area contributed by atoms with Crippen LogP contribution in [0.25, 0.3) is 0 Å². The molecule has 0 bridgehead atoms. The average Bonchev–Trinajstić information content (AvgIpc) is 2.92. The van der Waals surface area contributed by atoms with Crippen molar-refractivity contribution in [3.63, 3.8) is 0 Å². The predicted molar refractivity (Wildman–Crippen MR) is 153 cm³/mol. The van der Waals surface area contributed by atoms with Crippen LogP contribution >= 0.6 is 0 Å². The van der Waals surface area contributed by atoms with Crippen LogP contribution in [0, 0.1) is 0 Å². The quantitative estimate of drug-likeness (QED) is 0.394. The second-order valence-electron chi connectivity index (χ2n) is 10.8. The fourth-order valence-corrected chi connectivity index (χ4v) is 4.56. The van der Waals surface area contributed by atoms with Gasteiger partial charge in [0.15, 0.2) is 0 Å². The van der Waals surface area contributed by atoms with E-state index >= 15 is 0 Å². The average molecular weight is 534 g/mol. The number of aromatic nitrogens is 2. The monoisotopic (exact) mass is 533 g/mol. The lowest BCUT2D eigenvalue weighted by Crippen LogP contribution is -2.54. The predicted octanol–water partition coefficient (Wildman–Crippen LogP) is 5.15. The summed E-state index contributed by atoms with van der Waals surface area (Å²) < 4.78 is 16.2. The number of benzene rings is 2. The molecule has 4 rings (SSSR count). The molecule has 0 saturated carbocycles. The SMILES string of the molecule is COc1ccc(CN(Cc2ccc(OC)cc2)c2ncc(N3CCN(C(=O)OC(C)(C)C)CC3C)cn2)cc1. The van der Waals surface area contributed by atoms with Crippen molar-refractivity contribution in [3.8, 4) is 11.5 Å². The highest BCUT2D eigenvalue weighted by molar-refractivity contribution is 5.68. The van der Waals surface area contributed by atoms with E-state index in [0.717, 1.165) is 28.3 Å². The lowest BCUT2D eigenvalue weighted by molar-refractivity contribution is 0.0218. The minimum absolute atomic E-state index is 0.107. The fourth-order valence-electron chi connectivity index (χ4n) is 4.56. The summed E-state index contributed by atoms with van der Waals surface area (Å²) in [6.07, 6.45) is 3.47. The Balaban J connectivity index is 1.49. The second-order valence-corrected chi connectivity index (χ2v) is 10.8. The molecule has 1 aliphatic heterocycles. The molecule has 0 N–H and O–H groups in total. The molecule has 1 fully saturated rings. The van der Waals surface area contributed by atoms with Crippen LogP contribution in [-0.2, 0) is 17.8 Å². The molecule has 1 amide bonds. The minimum atomic E-state index is -0.509. The van der Waals surface area contributed by atoms with Crippen LogP contribution in [0.2, 0.25) is 0 Å². The number of anilines is 2. The highest BCUT2D eigenvalue weighted by atomic mass is 16.6. The van der Waals surface area contributed by atoms with Gasteiger partial charge in [-0.15, -0.1) is 0 Å². The number of ether oxygens (including phenoxy) is 3. The van der Waals surface area contributed by atoms with Crippen LogP contribution in [0.4, 0.5) is 16.4 Å². The van der Waals surface area contributed by atoms with Gasteiger partial charge in [0.05, 0.1) is 32.3 Å². The van der Waals surface area contributed by atoms with E-state index in [9.17, 15) is 4.79 Å². The molecule has 9 nitrogen and oxygen atoms in total. The first-order chi connectivity index (χ1) is 18.6. The first-order valence-electron chi connectivity index (χ1n) is 13.2. The van der Waals surface area contributed by atoms with E-state index in [2.05, 4.69) is 41.0 Å². The van der Waals surface area contributed by atoms with Gasteiger partial charge in [-0.3, -0.25) is 0 Å². The standard InChI is InChI=1S/C30H39N5O4/c1-22-19-33(29(36)39-30(2,3)4)15-16-35(22)25-17-31-28(32-18-25)34(20-23-7-11-26(37-5)12-8-23)21-24-9-13-27(38-6)14-10-24/h7-14,17-18,22H,15-16,19-21H2,1-6H3. The first-order valence-corrected chi connectivity index (χ1v) is 13.2. The maximum atomic E-state index is 12.5. The van der Waals surface area contributed by atoms with E-state index in [4.69, 9.17) is 24.2 Å². The number of amides is 1. The van der Waals surface area contributed by atoms with Gasteiger partial charge in [-0.05, 0) is 63.1 Å². The Bertz CT molecular complexity index is 1160. The number of carbonyl (C=O) groups excluding carboxylic acids is 1. The minimum Gasteiger partial charge on any atom is -0.497 e. The summed E-state index contributed by atoms with van der Waals surface area (Å²) in [6, 6.07) is 16.2. The van der Waals surface area contributed by atoms with Crippen molar-refractivity contribution in [2.45, 2.75) is 52.4 Å². The first kappa shape index (κ1) is 28.0. The van der Waals surface area contributed by atoms with Crippen LogP contribution in [0.5, 0.6) is 11.5 Å². The van der Waals surface area contributed by atoms with E-state index in [1.54, 1.807) is 19.1 Å². The Morgan fingerprint density at radius 2 is 1.41 bits per heavy atom. The summed E-state index contributed by atoms with van der Waals surface area (Å²) >= 11 is 0. The van der Waals surface area contributed by atoms with Crippen molar-refractivity contribution in [1.29, 1.82) is 0 Å². The number of nitrogens with zero attached hydrogens (tertiary/aromatic N) is 5. The molecule has 1 atom stereocenters. The Hall–Kier alpha value is -4.01. The highest BCUT2D eigenvalue weighted by Gasteiger charge is 2.30. The summed E-state index contributed by atoms with van der Waals surface area (Å²) in [5.41, 5.74) is 2.68.